The van der Waals surface area contributed by atoms with E-state index in [0.29, 0.717) is 11.4 Å². The summed E-state index contributed by atoms with van der Waals surface area (Å²) >= 11 is 0. The number of aromatic nitrogens is 2. The number of nitro groups is 1. The molecule has 2 N–H and O–H groups in total. The molecule has 2 aromatic rings. The van der Waals surface area contributed by atoms with Crippen molar-refractivity contribution in [3.63, 3.8) is 0 Å². The monoisotopic (exact) mass is 260 g/mol. The smallest absolute Gasteiger partial charge is 0.282 e. The van der Waals surface area contributed by atoms with Gasteiger partial charge in [0.05, 0.1) is 11.1 Å². The van der Waals surface area contributed by atoms with Crippen LogP contribution < -0.4 is 5.32 Å². The van der Waals surface area contributed by atoms with E-state index in [4.69, 9.17) is 0 Å². The first-order valence-electron chi connectivity index (χ1n) is 5.56. The highest BCUT2D eigenvalue weighted by molar-refractivity contribution is 6.07. The van der Waals surface area contributed by atoms with Gasteiger partial charge >= 0.3 is 0 Å². The van der Waals surface area contributed by atoms with Crippen LogP contribution in [0.15, 0.2) is 24.4 Å². The molecule has 0 atom stereocenters. The van der Waals surface area contributed by atoms with Crippen LogP contribution in [0, 0.1) is 24.0 Å². The first kappa shape index (κ1) is 12.7. The maximum Gasteiger partial charge on any atom is 0.282 e. The van der Waals surface area contributed by atoms with Crippen LogP contribution in [-0.4, -0.2) is 21.0 Å². The number of benzene rings is 1. The molecule has 0 saturated heterocycles. The Kier molecular flexibility index (Phi) is 3.28. The average Bonchev–Trinajstić information content (AvgIpc) is 2.74. The zero-order valence-electron chi connectivity index (χ0n) is 10.4. The van der Waals surface area contributed by atoms with Crippen molar-refractivity contribution < 1.29 is 9.72 Å². The Morgan fingerprint density at radius 1 is 1.37 bits per heavy atom. The van der Waals surface area contributed by atoms with E-state index in [9.17, 15) is 14.9 Å². The number of carbonyl (C=O) groups excluding carboxylic acids is 1. The molecule has 2 rings (SSSR count). The molecule has 0 unspecified atom stereocenters. The Morgan fingerprint density at radius 2 is 2.11 bits per heavy atom. The van der Waals surface area contributed by atoms with Gasteiger partial charge in [0.25, 0.3) is 11.6 Å². The molecule has 0 aliphatic heterocycles. The fourth-order valence-corrected chi connectivity index (χ4v) is 1.75. The second-order valence-electron chi connectivity index (χ2n) is 4.11. The van der Waals surface area contributed by atoms with E-state index >= 15 is 0 Å². The molecule has 1 aromatic carbocycles. The molecule has 1 amide bonds. The van der Waals surface area contributed by atoms with Crippen LogP contribution in [0.3, 0.4) is 0 Å². The fraction of sp³-hybridized carbons (Fsp3) is 0.167. The van der Waals surface area contributed by atoms with Gasteiger partial charge in [-0.2, -0.15) is 5.10 Å². The average molecular weight is 260 g/mol. The minimum atomic E-state index is -0.568. The number of amides is 1. The predicted octanol–water partition coefficient (Wildman–Crippen LogP) is 2.19. The fourth-order valence-electron chi connectivity index (χ4n) is 1.75. The lowest BCUT2D eigenvalue weighted by molar-refractivity contribution is -0.385. The van der Waals surface area contributed by atoms with Crippen molar-refractivity contribution >= 4 is 17.4 Å². The molecule has 0 spiro atoms. The number of hydrogen-bond acceptors (Lipinski definition) is 4. The van der Waals surface area contributed by atoms with Gasteiger partial charge in [-0.15, -0.1) is 0 Å². The van der Waals surface area contributed by atoms with Gasteiger partial charge in [-0.1, -0.05) is 12.1 Å². The second-order valence-corrected chi connectivity index (χ2v) is 4.11. The Bertz CT molecular complexity index is 648. The van der Waals surface area contributed by atoms with E-state index in [1.165, 1.54) is 6.07 Å². The number of nitrogens with one attached hydrogen (secondary N) is 2. The summed E-state index contributed by atoms with van der Waals surface area (Å²) in [7, 11) is 0. The Hall–Kier alpha value is -2.70. The molecule has 0 fully saturated rings. The van der Waals surface area contributed by atoms with Crippen LogP contribution in [0.4, 0.5) is 11.5 Å². The summed E-state index contributed by atoms with van der Waals surface area (Å²) in [5, 5.41) is 19.9. The first-order chi connectivity index (χ1) is 9.00. The second kappa shape index (κ2) is 4.89. The van der Waals surface area contributed by atoms with Gasteiger partial charge in [-0.05, 0) is 19.4 Å². The van der Waals surface area contributed by atoms with Gasteiger partial charge in [-0.25, -0.2) is 0 Å². The molecule has 7 nitrogen and oxygen atoms in total. The Balaban J connectivity index is 2.39. The molecule has 0 aliphatic carbocycles. The summed E-state index contributed by atoms with van der Waals surface area (Å²) in [5.41, 5.74) is 1.14. The third kappa shape index (κ3) is 2.44. The summed E-state index contributed by atoms with van der Waals surface area (Å²) < 4.78 is 0. The zero-order chi connectivity index (χ0) is 14.0. The highest BCUT2D eigenvalue weighted by Gasteiger charge is 2.22. The van der Waals surface area contributed by atoms with Crippen LogP contribution in [-0.2, 0) is 0 Å². The van der Waals surface area contributed by atoms with E-state index in [1.54, 1.807) is 32.2 Å². The lowest BCUT2D eigenvalue weighted by Gasteiger charge is -2.07. The molecule has 19 heavy (non-hydrogen) atoms. The third-order valence-electron chi connectivity index (χ3n) is 2.74. The van der Waals surface area contributed by atoms with Crippen LogP contribution >= 0.6 is 0 Å². The quantitative estimate of drug-likeness (QED) is 0.652. The number of carbonyl (C=O) groups is 1. The summed E-state index contributed by atoms with van der Waals surface area (Å²) in [6, 6.07) is 4.51. The standard InChI is InChI=1S/C12H12N4O3/c1-7-4-3-5-9(16(18)19)10(7)12(17)14-11-8(2)6-13-15-11/h3-6H,1-2H3,(H2,13,14,15,17). The third-order valence-corrected chi connectivity index (χ3v) is 2.74. The van der Waals surface area contributed by atoms with E-state index in [2.05, 4.69) is 15.5 Å². The van der Waals surface area contributed by atoms with Crippen LogP contribution in [0.5, 0.6) is 0 Å². The molecule has 7 heteroatoms. The number of aromatic amines is 1. The highest BCUT2D eigenvalue weighted by Crippen LogP contribution is 2.23. The molecular weight excluding hydrogens is 248 g/mol. The van der Waals surface area contributed by atoms with Crippen LogP contribution in [0.1, 0.15) is 21.5 Å². The maximum atomic E-state index is 12.1. The largest absolute Gasteiger partial charge is 0.306 e. The molecule has 0 saturated carbocycles. The lowest BCUT2D eigenvalue weighted by Crippen LogP contribution is -2.16. The van der Waals surface area contributed by atoms with Crippen LogP contribution in [0.2, 0.25) is 0 Å². The van der Waals surface area contributed by atoms with Crippen molar-refractivity contribution in [2.24, 2.45) is 0 Å². The number of aryl methyl sites for hydroxylation is 2. The van der Waals surface area contributed by atoms with Crippen molar-refractivity contribution in [2.45, 2.75) is 13.8 Å². The minimum absolute atomic E-state index is 0.0569. The summed E-state index contributed by atoms with van der Waals surface area (Å²) in [6.07, 6.45) is 1.56. The number of nitrogens with zero attached hydrogens (tertiary/aromatic N) is 2. The van der Waals surface area contributed by atoms with Crippen LogP contribution in [0.25, 0.3) is 0 Å². The van der Waals surface area contributed by atoms with Crippen molar-refractivity contribution in [1.82, 2.24) is 10.2 Å². The number of H-pyrrole nitrogens is 1. The zero-order valence-corrected chi connectivity index (χ0v) is 10.4. The van der Waals surface area contributed by atoms with Crippen molar-refractivity contribution in [3.8, 4) is 0 Å². The topological polar surface area (TPSA) is 101 Å². The van der Waals surface area contributed by atoms with E-state index in [-0.39, 0.29) is 11.3 Å². The van der Waals surface area contributed by atoms with Crippen molar-refractivity contribution in [2.75, 3.05) is 5.32 Å². The van der Waals surface area contributed by atoms with Gasteiger partial charge in [0, 0.05) is 11.6 Å². The van der Waals surface area contributed by atoms with Crippen molar-refractivity contribution in [3.05, 3.63) is 51.2 Å². The van der Waals surface area contributed by atoms with E-state index < -0.39 is 10.8 Å². The lowest BCUT2D eigenvalue weighted by atomic mass is 10.1. The Morgan fingerprint density at radius 3 is 2.68 bits per heavy atom. The minimum Gasteiger partial charge on any atom is -0.306 e. The molecule has 1 aromatic heterocycles. The van der Waals surface area contributed by atoms with Gasteiger partial charge in [0.2, 0.25) is 0 Å². The molecule has 1 heterocycles. The van der Waals surface area contributed by atoms with E-state index in [1.807, 2.05) is 0 Å². The number of rotatable bonds is 3. The SMILES string of the molecule is Cc1cn[nH]c1NC(=O)c1c(C)cccc1[N+](=O)[O-]. The molecule has 0 radical (unpaired) electrons. The predicted molar refractivity (Wildman–Crippen MR) is 69.1 cm³/mol. The normalized spacial score (nSPS) is 10.2. The molecule has 0 bridgehead atoms. The van der Waals surface area contributed by atoms with Gasteiger partial charge in [-0.3, -0.25) is 20.0 Å². The van der Waals surface area contributed by atoms with E-state index in [0.717, 1.165) is 5.56 Å². The van der Waals surface area contributed by atoms with Crippen molar-refractivity contribution in [1.29, 1.82) is 0 Å². The highest BCUT2D eigenvalue weighted by atomic mass is 16.6. The first-order valence-corrected chi connectivity index (χ1v) is 5.56. The number of nitro benzene ring substituents is 1. The number of anilines is 1. The maximum absolute atomic E-state index is 12.1. The van der Waals surface area contributed by atoms with Gasteiger partial charge in [0.1, 0.15) is 11.4 Å². The molecule has 98 valence electrons. The molecular formula is C12H12N4O3. The summed E-state index contributed by atoms with van der Waals surface area (Å²) in [6.45, 7) is 3.42. The molecule has 0 aliphatic rings. The summed E-state index contributed by atoms with van der Waals surface area (Å²) in [5.74, 6) is -0.0975. The Labute approximate surface area is 108 Å². The van der Waals surface area contributed by atoms with Gasteiger partial charge < -0.3 is 5.32 Å². The van der Waals surface area contributed by atoms with Gasteiger partial charge in [0.15, 0.2) is 0 Å². The number of hydrogen-bond donors (Lipinski definition) is 2. The summed E-state index contributed by atoms with van der Waals surface area (Å²) in [4.78, 5) is 22.5.